The zero-order valence-electron chi connectivity index (χ0n) is 14.8. The first kappa shape index (κ1) is 16.5. The molecule has 0 bridgehead atoms. The van der Waals surface area contributed by atoms with Crippen LogP contribution in [-0.2, 0) is 11.3 Å². The molecule has 1 aliphatic heterocycles. The molecule has 2 heterocycles. The van der Waals surface area contributed by atoms with Crippen LogP contribution in [0, 0.1) is 5.92 Å². The van der Waals surface area contributed by atoms with Gasteiger partial charge in [-0.05, 0) is 43.2 Å². The number of carbonyl (C=O) groups is 2. The number of nitrogens with zero attached hydrogens (tertiary/aromatic N) is 3. The van der Waals surface area contributed by atoms with Crippen molar-refractivity contribution in [2.45, 2.75) is 63.6 Å². The SMILES string of the molecule is C[C@@H]1CCCC[C@]12NC(=O)N(CN(Cc1cccnc1)C1CC1)C2=O. The van der Waals surface area contributed by atoms with Crippen molar-refractivity contribution in [1.29, 1.82) is 0 Å². The molecule has 6 heteroatoms. The molecule has 0 radical (unpaired) electrons. The second-order valence-corrected chi connectivity index (χ2v) is 7.76. The van der Waals surface area contributed by atoms with E-state index in [4.69, 9.17) is 0 Å². The summed E-state index contributed by atoms with van der Waals surface area (Å²) >= 11 is 0. The van der Waals surface area contributed by atoms with Gasteiger partial charge in [0.25, 0.3) is 5.91 Å². The normalized spacial score (nSPS) is 29.5. The number of hydrogen-bond acceptors (Lipinski definition) is 4. The monoisotopic (exact) mass is 342 g/mol. The molecular formula is C19H26N4O2. The highest BCUT2D eigenvalue weighted by Crippen LogP contribution is 2.39. The van der Waals surface area contributed by atoms with E-state index in [1.54, 1.807) is 6.20 Å². The molecule has 1 N–H and O–H groups in total. The number of aromatic nitrogens is 1. The molecule has 1 saturated heterocycles. The zero-order chi connectivity index (χ0) is 17.4. The lowest BCUT2D eigenvalue weighted by atomic mass is 9.73. The van der Waals surface area contributed by atoms with E-state index in [-0.39, 0.29) is 17.9 Å². The fraction of sp³-hybridized carbons (Fsp3) is 0.632. The third kappa shape index (κ3) is 3.03. The Hall–Kier alpha value is -1.95. The largest absolute Gasteiger partial charge is 0.326 e. The van der Waals surface area contributed by atoms with Crippen molar-refractivity contribution < 1.29 is 9.59 Å². The Morgan fingerprint density at radius 3 is 2.84 bits per heavy atom. The van der Waals surface area contributed by atoms with Gasteiger partial charge in [0, 0.05) is 25.0 Å². The third-order valence-corrected chi connectivity index (χ3v) is 6.00. The van der Waals surface area contributed by atoms with E-state index in [1.807, 2.05) is 18.3 Å². The Morgan fingerprint density at radius 1 is 1.32 bits per heavy atom. The molecule has 4 rings (SSSR count). The lowest BCUT2D eigenvalue weighted by Gasteiger charge is -2.37. The smallest absolute Gasteiger partial charge is 0.323 e. The maximum Gasteiger partial charge on any atom is 0.326 e. The standard InChI is InChI=1S/C19H26N4O2/c1-14-5-2-3-9-19(14)17(24)23(18(25)21-19)13-22(16-7-8-16)12-15-6-4-10-20-11-15/h4,6,10-11,14,16H,2-3,5,7-9,12-13H2,1H3,(H,21,25)/t14-,19+/m1/s1. The first-order valence-corrected chi connectivity index (χ1v) is 9.37. The van der Waals surface area contributed by atoms with Crippen molar-refractivity contribution in [3.63, 3.8) is 0 Å². The lowest BCUT2D eigenvalue weighted by molar-refractivity contribution is -0.135. The van der Waals surface area contributed by atoms with Crippen LogP contribution in [0.4, 0.5) is 4.79 Å². The Balaban J connectivity index is 1.50. The summed E-state index contributed by atoms with van der Waals surface area (Å²) in [5.74, 6) is 0.178. The minimum absolute atomic E-state index is 0.0264. The summed E-state index contributed by atoms with van der Waals surface area (Å²) in [4.78, 5) is 33.6. The van der Waals surface area contributed by atoms with Gasteiger partial charge in [0.2, 0.25) is 0 Å². The maximum absolute atomic E-state index is 13.1. The van der Waals surface area contributed by atoms with E-state index in [0.29, 0.717) is 12.7 Å². The van der Waals surface area contributed by atoms with Crippen LogP contribution in [0.15, 0.2) is 24.5 Å². The number of hydrogen-bond donors (Lipinski definition) is 1. The van der Waals surface area contributed by atoms with Crippen LogP contribution in [-0.4, -0.2) is 45.0 Å². The third-order valence-electron chi connectivity index (χ3n) is 6.00. The van der Waals surface area contributed by atoms with Gasteiger partial charge in [-0.2, -0.15) is 0 Å². The minimum atomic E-state index is -0.668. The highest BCUT2D eigenvalue weighted by Gasteiger charge is 2.55. The van der Waals surface area contributed by atoms with Crippen molar-refractivity contribution in [1.82, 2.24) is 20.1 Å². The molecule has 25 heavy (non-hydrogen) atoms. The van der Waals surface area contributed by atoms with Crippen molar-refractivity contribution in [2.75, 3.05) is 6.67 Å². The number of nitrogens with one attached hydrogen (secondary N) is 1. The van der Waals surface area contributed by atoms with Gasteiger partial charge in [0.1, 0.15) is 5.54 Å². The summed E-state index contributed by atoms with van der Waals surface area (Å²) in [7, 11) is 0. The highest BCUT2D eigenvalue weighted by atomic mass is 16.2. The van der Waals surface area contributed by atoms with Gasteiger partial charge in [-0.25, -0.2) is 9.69 Å². The molecule has 2 atom stereocenters. The minimum Gasteiger partial charge on any atom is -0.323 e. The van der Waals surface area contributed by atoms with Gasteiger partial charge in [-0.3, -0.25) is 14.7 Å². The van der Waals surface area contributed by atoms with E-state index in [9.17, 15) is 9.59 Å². The van der Waals surface area contributed by atoms with Crippen molar-refractivity contribution in [3.05, 3.63) is 30.1 Å². The van der Waals surface area contributed by atoms with Crippen LogP contribution in [0.5, 0.6) is 0 Å². The van der Waals surface area contributed by atoms with E-state index in [0.717, 1.165) is 50.6 Å². The summed E-state index contributed by atoms with van der Waals surface area (Å²) in [6.45, 7) is 3.19. The molecule has 0 unspecified atom stereocenters. The molecule has 3 aliphatic rings. The van der Waals surface area contributed by atoms with Crippen LogP contribution in [0.3, 0.4) is 0 Å². The average molecular weight is 342 g/mol. The number of rotatable bonds is 5. The van der Waals surface area contributed by atoms with Crippen LogP contribution in [0.2, 0.25) is 0 Å². The summed E-state index contributed by atoms with van der Waals surface area (Å²) in [6.07, 6.45) is 9.79. The number of urea groups is 1. The summed E-state index contributed by atoms with van der Waals surface area (Å²) in [5, 5.41) is 3.05. The summed E-state index contributed by atoms with van der Waals surface area (Å²) < 4.78 is 0. The quantitative estimate of drug-likeness (QED) is 0.835. The predicted octanol–water partition coefficient (Wildman–Crippen LogP) is 2.50. The van der Waals surface area contributed by atoms with Gasteiger partial charge in [-0.1, -0.05) is 25.8 Å². The van der Waals surface area contributed by atoms with Gasteiger partial charge in [0.05, 0.1) is 6.67 Å². The van der Waals surface area contributed by atoms with Crippen molar-refractivity contribution in [3.8, 4) is 0 Å². The van der Waals surface area contributed by atoms with Crippen LogP contribution >= 0.6 is 0 Å². The van der Waals surface area contributed by atoms with Crippen LogP contribution in [0.25, 0.3) is 0 Å². The number of pyridine rings is 1. The first-order valence-electron chi connectivity index (χ1n) is 9.37. The summed E-state index contributed by atoms with van der Waals surface area (Å²) in [5.41, 5.74) is 0.445. The van der Waals surface area contributed by atoms with Crippen molar-refractivity contribution in [2.24, 2.45) is 5.92 Å². The molecule has 1 aromatic rings. The highest BCUT2D eigenvalue weighted by molar-refractivity contribution is 6.07. The molecular weight excluding hydrogens is 316 g/mol. The van der Waals surface area contributed by atoms with E-state index in [1.165, 1.54) is 4.90 Å². The van der Waals surface area contributed by atoms with E-state index in [2.05, 4.69) is 22.1 Å². The molecule has 1 aromatic heterocycles. The van der Waals surface area contributed by atoms with E-state index < -0.39 is 5.54 Å². The molecule has 134 valence electrons. The Labute approximate surface area is 148 Å². The molecule has 1 spiro atoms. The Kier molecular flexibility index (Phi) is 4.23. The lowest BCUT2D eigenvalue weighted by Crippen LogP contribution is -2.54. The predicted molar refractivity (Wildman–Crippen MR) is 93.4 cm³/mol. The second-order valence-electron chi connectivity index (χ2n) is 7.76. The average Bonchev–Trinajstić information content (AvgIpc) is 3.42. The van der Waals surface area contributed by atoms with Crippen molar-refractivity contribution >= 4 is 11.9 Å². The molecule has 0 aromatic carbocycles. The fourth-order valence-corrected chi connectivity index (χ4v) is 4.27. The fourth-order valence-electron chi connectivity index (χ4n) is 4.27. The van der Waals surface area contributed by atoms with E-state index >= 15 is 0 Å². The molecule has 3 amide bonds. The Morgan fingerprint density at radius 2 is 2.16 bits per heavy atom. The molecule has 2 aliphatic carbocycles. The molecule has 2 saturated carbocycles. The first-order chi connectivity index (χ1) is 12.1. The molecule has 3 fully saturated rings. The number of carbonyl (C=O) groups excluding carboxylic acids is 2. The van der Waals surface area contributed by atoms with Gasteiger partial charge in [0.15, 0.2) is 0 Å². The number of imide groups is 1. The topological polar surface area (TPSA) is 65.5 Å². The van der Waals surface area contributed by atoms with Crippen LogP contribution < -0.4 is 5.32 Å². The Bertz CT molecular complexity index is 661. The van der Waals surface area contributed by atoms with Gasteiger partial charge >= 0.3 is 6.03 Å². The number of amides is 3. The van der Waals surface area contributed by atoms with Crippen LogP contribution in [0.1, 0.15) is 51.0 Å². The zero-order valence-corrected chi connectivity index (χ0v) is 14.8. The second kappa shape index (κ2) is 6.41. The van der Waals surface area contributed by atoms with Gasteiger partial charge in [-0.15, -0.1) is 0 Å². The maximum atomic E-state index is 13.1. The molecule has 6 nitrogen and oxygen atoms in total. The summed E-state index contributed by atoms with van der Waals surface area (Å²) in [6, 6.07) is 4.20. The van der Waals surface area contributed by atoms with Gasteiger partial charge < -0.3 is 5.32 Å².